The lowest BCUT2D eigenvalue weighted by Gasteiger charge is -2.17. The van der Waals surface area contributed by atoms with Crippen molar-refractivity contribution in [1.82, 2.24) is 4.90 Å². The second-order valence-electron chi connectivity index (χ2n) is 7.19. The van der Waals surface area contributed by atoms with Crippen LogP contribution in [-0.2, 0) is 9.59 Å². The molecule has 1 saturated heterocycles. The van der Waals surface area contributed by atoms with Crippen molar-refractivity contribution in [2.24, 2.45) is 11.8 Å². The molecule has 2 amide bonds. The molecule has 0 saturated carbocycles. The van der Waals surface area contributed by atoms with Crippen molar-refractivity contribution in [3.8, 4) is 0 Å². The Balaban J connectivity index is 1.90. The van der Waals surface area contributed by atoms with Gasteiger partial charge in [0.2, 0.25) is 11.8 Å². The first-order chi connectivity index (χ1) is 10.9. The number of nitrogens with one attached hydrogen (secondary N) is 1. The molecule has 0 bridgehead atoms. The van der Waals surface area contributed by atoms with Crippen molar-refractivity contribution in [3.05, 3.63) is 29.8 Å². The third kappa shape index (κ3) is 4.81. The van der Waals surface area contributed by atoms with Gasteiger partial charge in [0, 0.05) is 25.2 Å². The summed E-state index contributed by atoms with van der Waals surface area (Å²) >= 11 is 0. The number of benzene rings is 1. The summed E-state index contributed by atoms with van der Waals surface area (Å²) in [5.74, 6) is 0.847. The Kier molecular flexibility index (Phi) is 5.80. The zero-order valence-electron chi connectivity index (χ0n) is 14.6. The van der Waals surface area contributed by atoms with Crippen molar-refractivity contribution in [3.63, 3.8) is 0 Å². The molecule has 1 aliphatic rings. The van der Waals surface area contributed by atoms with Gasteiger partial charge in [0.15, 0.2) is 0 Å². The smallest absolute Gasteiger partial charge is 0.229 e. The van der Waals surface area contributed by atoms with Crippen LogP contribution in [0.2, 0.25) is 0 Å². The van der Waals surface area contributed by atoms with Crippen molar-refractivity contribution in [2.45, 2.75) is 46.5 Å². The number of anilines is 1. The maximum absolute atomic E-state index is 12.4. The highest BCUT2D eigenvalue weighted by atomic mass is 16.2. The molecule has 1 atom stereocenters. The fraction of sp³-hybridized carbons (Fsp3) is 0.579. The molecule has 4 nitrogen and oxygen atoms in total. The molecule has 2 rings (SSSR count). The highest BCUT2D eigenvalue weighted by Gasteiger charge is 2.34. The van der Waals surface area contributed by atoms with Crippen LogP contribution < -0.4 is 5.32 Å². The van der Waals surface area contributed by atoms with Crippen molar-refractivity contribution in [1.29, 1.82) is 0 Å². The minimum atomic E-state index is -0.237. The SMILES string of the molecule is CC(C)CCN1C[C@H](C(=O)Nc2ccc(C(C)C)cc2)CC1=O. The van der Waals surface area contributed by atoms with E-state index in [1.807, 2.05) is 29.2 Å². The number of likely N-dealkylation sites (tertiary alicyclic amines) is 1. The van der Waals surface area contributed by atoms with Gasteiger partial charge in [0.1, 0.15) is 0 Å². The average molecular weight is 316 g/mol. The van der Waals surface area contributed by atoms with E-state index in [0.29, 0.717) is 24.8 Å². The number of hydrogen-bond acceptors (Lipinski definition) is 2. The standard InChI is InChI=1S/C19H28N2O2/c1-13(2)9-10-21-12-16(11-18(21)22)19(23)20-17-7-5-15(6-8-17)14(3)4/h5-8,13-14,16H,9-12H2,1-4H3,(H,20,23)/t16-/m1/s1. The molecule has 126 valence electrons. The predicted molar refractivity (Wildman–Crippen MR) is 93.3 cm³/mol. The largest absolute Gasteiger partial charge is 0.342 e. The Morgan fingerprint density at radius 2 is 1.87 bits per heavy atom. The molecule has 0 radical (unpaired) electrons. The zero-order valence-corrected chi connectivity index (χ0v) is 14.6. The molecule has 1 aliphatic heterocycles. The van der Waals surface area contributed by atoms with E-state index in [2.05, 4.69) is 33.0 Å². The first-order valence-electron chi connectivity index (χ1n) is 8.55. The van der Waals surface area contributed by atoms with E-state index in [1.165, 1.54) is 5.56 Å². The van der Waals surface area contributed by atoms with E-state index < -0.39 is 0 Å². The highest BCUT2D eigenvalue weighted by molar-refractivity contribution is 5.97. The van der Waals surface area contributed by atoms with E-state index in [1.54, 1.807) is 0 Å². The number of hydrogen-bond donors (Lipinski definition) is 1. The zero-order chi connectivity index (χ0) is 17.0. The van der Waals surface area contributed by atoms with Crippen LogP contribution in [0.25, 0.3) is 0 Å². The van der Waals surface area contributed by atoms with Gasteiger partial charge in [-0.05, 0) is 36.0 Å². The second kappa shape index (κ2) is 7.62. The summed E-state index contributed by atoms with van der Waals surface area (Å²) in [4.78, 5) is 26.2. The summed E-state index contributed by atoms with van der Waals surface area (Å²) in [5.41, 5.74) is 2.05. The summed E-state index contributed by atoms with van der Waals surface area (Å²) in [6, 6.07) is 7.94. The van der Waals surface area contributed by atoms with Gasteiger partial charge in [-0.3, -0.25) is 9.59 Å². The number of rotatable bonds is 6. The van der Waals surface area contributed by atoms with Gasteiger partial charge in [0.05, 0.1) is 5.92 Å². The topological polar surface area (TPSA) is 49.4 Å². The third-order valence-electron chi connectivity index (χ3n) is 4.41. The minimum absolute atomic E-state index is 0.0531. The lowest BCUT2D eigenvalue weighted by atomic mass is 10.0. The van der Waals surface area contributed by atoms with Crippen LogP contribution in [-0.4, -0.2) is 29.8 Å². The predicted octanol–water partition coefficient (Wildman–Crippen LogP) is 3.64. The normalized spacial score (nSPS) is 18.1. The maximum Gasteiger partial charge on any atom is 0.229 e. The van der Waals surface area contributed by atoms with Crippen LogP contribution in [0, 0.1) is 11.8 Å². The molecule has 0 spiro atoms. The number of carbonyl (C=O) groups excluding carboxylic acids is 2. The maximum atomic E-state index is 12.4. The van der Waals surface area contributed by atoms with E-state index in [9.17, 15) is 9.59 Å². The first kappa shape index (κ1) is 17.5. The van der Waals surface area contributed by atoms with Crippen LogP contribution in [0.3, 0.4) is 0 Å². The molecular formula is C19H28N2O2. The summed E-state index contributed by atoms with van der Waals surface area (Å²) in [6.45, 7) is 9.87. The minimum Gasteiger partial charge on any atom is -0.342 e. The molecule has 0 unspecified atom stereocenters. The van der Waals surface area contributed by atoms with Crippen molar-refractivity contribution < 1.29 is 9.59 Å². The van der Waals surface area contributed by atoms with Crippen LogP contribution in [0.5, 0.6) is 0 Å². The Morgan fingerprint density at radius 3 is 2.43 bits per heavy atom. The summed E-state index contributed by atoms with van der Waals surface area (Å²) in [6.07, 6.45) is 1.31. The van der Waals surface area contributed by atoms with Gasteiger partial charge in [-0.2, -0.15) is 0 Å². The molecule has 0 aromatic heterocycles. The lowest BCUT2D eigenvalue weighted by Crippen LogP contribution is -2.29. The second-order valence-corrected chi connectivity index (χ2v) is 7.19. The molecule has 1 aromatic carbocycles. The van der Waals surface area contributed by atoms with E-state index in [4.69, 9.17) is 0 Å². The van der Waals surface area contributed by atoms with Gasteiger partial charge in [0.25, 0.3) is 0 Å². The van der Waals surface area contributed by atoms with Gasteiger partial charge in [-0.1, -0.05) is 39.8 Å². The molecular weight excluding hydrogens is 288 g/mol. The van der Waals surface area contributed by atoms with Crippen LogP contribution in [0.4, 0.5) is 5.69 Å². The van der Waals surface area contributed by atoms with E-state index in [0.717, 1.165) is 18.7 Å². The fourth-order valence-electron chi connectivity index (χ4n) is 2.77. The van der Waals surface area contributed by atoms with Gasteiger partial charge in [-0.15, -0.1) is 0 Å². The van der Waals surface area contributed by atoms with Crippen LogP contribution in [0.1, 0.15) is 52.0 Å². The molecule has 1 N–H and O–H groups in total. The molecule has 4 heteroatoms. The Bertz CT molecular complexity index is 549. The average Bonchev–Trinajstić information content (AvgIpc) is 2.87. The molecule has 1 aromatic rings. The van der Waals surface area contributed by atoms with Gasteiger partial charge >= 0.3 is 0 Å². The van der Waals surface area contributed by atoms with E-state index in [-0.39, 0.29) is 17.7 Å². The number of amides is 2. The highest BCUT2D eigenvalue weighted by Crippen LogP contribution is 2.22. The number of nitrogens with zero attached hydrogens (tertiary/aromatic N) is 1. The summed E-state index contributed by atoms with van der Waals surface area (Å²) in [7, 11) is 0. The monoisotopic (exact) mass is 316 g/mol. The molecule has 1 fully saturated rings. The Hall–Kier alpha value is -1.84. The van der Waals surface area contributed by atoms with Crippen LogP contribution >= 0.6 is 0 Å². The molecule has 0 aliphatic carbocycles. The van der Waals surface area contributed by atoms with Gasteiger partial charge in [-0.25, -0.2) is 0 Å². The molecule has 1 heterocycles. The first-order valence-corrected chi connectivity index (χ1v) is 8.55. The summed E-state index contributed by atoms with van der Waals surface area (Å²) < 4.78 is 0. The third-order valence-corrected chi connectivity index (χ3v) is 4.41. The van der Waals surface area contributed by atoms with E-state index >= 15 is 0 Å². The fourth-order valence-corrected chi connectivity index (χ4v) is 2.77. The van der Waals surface area contributed by atoms with Gasteiger partial charge < -0.3 is 10.2 Å². The lowest BCUT2D eigenvalue weighted by molar-refractivity contribution is -0.128. The van der Waals surface area contributed by atoms with Crippen LogP contribution in [0.15, 0.2) is 24.3 Å². The Labute approximate surface area is 139 Å². The number of carbonyl (C=O) groups is 2. The Morgan fingerprint density at radius 1 is 1.22 bits per heavy atom. The van der Waals surface area contributed by atoms with Crippen molar-refractivity contribution in [2.75, 3.05) is 18.4 Å². The quantitative estimate of drug-likeness (QED) is 0.871. The molecule has 23 heavy (non-hydrogen) atoms. The summed E-state index contributed by atoms with van der Waals surface area (Å²) in [5, 5.41) is 2.94. The van der Waals surface area contributed by atoms with Crippen molar-refractivity contribution >= 4 is 17.5 Å².